The highest BCUT2D eigenvalue weighted by atomic mass is 35.5. The molecule has 0 radical (unpaired) electrons. The van der Waals surface area contributed by atoms with Gasteiger partial charge in [0, 0.05) is 10.6 Å². The van der Waals surface area contributed by atoms with Gasteiger partial charge in [0.05, 0.1) is 35.0 Å². The maximum atomic E-state index is 13.8. The molecule has 0 unspecified atom stereocenters. The monoisotopic (exact) mass is 479 g/mol. The van der Waals surface area contributed by atoms with E-state index in [0.717, 1.165) is 10.7 Å². The summed E-state index contributed by atoms with van der Waals surface area (Å²) < 4.78 is 34.3. The van der Waals surface area contributed by atoms with Crippen molar-refractivity contribution in [3.8, 4) is 16.9 Å². The third-order valence-corrected chi connectivity index (χ3v) is 7.03. The summed E-state index contributed by atoms with van der Waals surface area (Å²) in [4.78, 5) is 26.0. The van der Waals surface area contributed by atoms with Gasteiger partial charge in [0.2, 0.25) is 0 Å². The fourth-order valence-corrected chi connectivity index (χ4v) is 5.36. The molecule has 0 aliphatic carbocycles. The Morgan fingerprint density at radius 2 is 1.88 bits per heavy atom. The lowest BCUT2D eigenvalue weighted by Crippen LogP contribution is -2.44. The summed E-state index contributed by atoms with van der Waals surface area (Å²) in [6.45, 7) is 0. The Bertz CT molecular complexity index is 1230. The number of nitrogens with zero attached hydrogens (tertiary/aromatic N) is 2. The molecule has 32 heavy (non-hydrogen) atoms. The molecule has 0 saturated carbocycles. The van der Waals surface area contributed by atoms with Gasteiger partial charge in [0.15, 0.2) is 0 Å². The van der Waals surface area contributed by atoms with Crippen LogP contribution in [0.3, 0.4) is 0 Å². The molecule has 2 atom stereocenters. The first-order chi connectivity index (χ1) is 15.1. The predicted octanol–water partition coefficient (Wildman–Crippen LogP) is 2.92. The number of aromatic nitrogens is 2. The van der Waals surface area contributed by atoms with Gasteiger partial charge in [-0.1, -0.05) is 29.8 Å². The van der Waals surface area contributed by atoms with Crippen molar-refractivity contribution in [2.24, 2.45) is 0 Å². The maximum Gasteiger partial charge on any atom is 0.284 e. The number of benzene rings is 2. The number of hydrogen-bond donors (Lipinski definition) is 4. The predicted molar refractivity (Wildman–Crippen MR) is 120 cm³/mol. The number of carbonyl (C=O) groups is 1. The van der Waals surface area contributed by atoms with E-state index in [9.17, 15) is 28.2 Å². The second kappa shape index (κ2) is 8.64. The molecule has 0 bridgehead atoms. The van der Waals surface area contributed by atoms with E-state index in [1.165, 1.54) is 24.3 Å². The van der Waals surface area contributed by atoms with Gasteiger partial charge in [-0.3, -0.25) is 18.7 Å². The van der Waals surface area contributed by atoms with Gasteiger partial charge in [-0.2, -0.15) is 20.4 Å². The minimum absolute atomic E-state index is 0.120. The molecule has 1 aromatic heterocycles. The SMILES string of the molecule is O=C(N[C@@H]1CS(O)(O)C[C@@H]1O)c1cc(-c2ccc(Cl)cc2)nn(-c2cccc(F)c2)c1=O. The van der Waals surface area contributed by atoms with E-state index in [0.29, 0.717) is 10.6 Å². The highest BCUT2D eigenvalue weighted by Gasteiger charge is 2.38. The zero-order valence-electron chi connectivity index (χ0n) is 16.5. The summed E-state index contributed by atoms with van der Waals surface area (Å²) in [6.07, 6.45) is -1.16. The van der Waals surface area contributed by atoms with Gasteiger partial charge < -0.3 is 10.4 Å². The molecular weight excluding hydrogens is 461 g/mol. The van der Waals surface area contributed by atoms with E-state index < -0.39 is 40.0 Å². The Kier molecular flexibility index (Phi) is 6.06. The average Bonchev–Trinajstić information content (AvgIpc) is 2.99. The van der Waals surface area contributed by atoms with Crippen molar-refractivity contribution in [3.63, 3.8) is 0 Å². The molecule has 8 nitrogen and oxygen atoms in total. The first kappa shape index (κ1) is 22.4. The Morgan fingerprint density at radius 1 is 1.16 bits per heavy atom. The first-order valence-corrected chi connectivity index (χ1v) is 11.8. The molecule has 4 rings (SSSR count). The number of rotatable bonds is 4. The molecule has 1 amide bonds. The number of aliphatic hydroxyl groups is 1. The lowest BCUT2D eigenvalue weighted by molar-refractivity contribution is 0.0886. The third kappa shape index (κ3) is 4.69. The molecule has 1 saturated heterocycles. The van der Waals surface area contributed by atoms with Crippen LogP contribution < -0.4 is 10.9 Å². The number of halogens is 2. The molecule has 3 aromatic rings. The zero-order chi connectivity index (χ0) is 23.0. The number of aliphatic hydroxyl groups excluding tert-OH is 1. The van der Waals surface area contributed by atoms with E-state index in [1.807, 2.05) is 0 Å². The normalized spacial score (nSPS) is 20.7. The smallest absolute Gasteiger partial charge is 0.284 e. The summed E-state index contributed by atoms with van der Waals surface area (Å²) in [6, 6.07) is 12.1. The number of hydrogen-bond acceptors (Lipinski definition) is 6. The Morgan fingerprint density at radius 3 is 2.50 bits per heavy atom. The van der Waals surface area contributed by atoms with Gasteiger partial charge >= 0.3 is 0 Å². The van der Waals surface area contributed by atoms with Gasteiger partial charge in [0.1, 0.15) is 11.4 Å². The van der Waals surface area contributed by atoms with Crippen LogP contribution >= 0.6 is 22.2 Å². The Labute approximate surface area is 188 Å². The van der Waals surface area contributed by atoms with E-state index in [-0.39, 0.29) is 28.5 Å². The number of carbonyl (C=O) groups excluding carboxylic acids is 1. The van der Waals surface area contributed by atoms with Gasteiger partial charge in [0.25, 0.3) is 11.5 Å². The van der Waals surface area contributed by atoms with E-state index in [4.69, 9.17) is 11.6 Å². The van der Waals surface area contributed by atoms with Crippen molar-refractivity contribution < 1.29 is 23.4 Å². The maximum absolute atomic E-state index is 13.8. The van der Waals surface area contributed by atoms with Crippen molar-refractivity contribution >= 4 is 28.1 Å². The van der Waals surface area contributed by atoms with Crippen LogP contribution in [0.15, 0.2) is 59.4 Å². The number of amides is 1. The van der Waals surface area contributed by atoms with Gasteiger partial charge in [-0.25, -0.2) is 4.39 Å². The summed E-state index contributed by atoms with van der Waals surface area (Å²) >= 11 is 5.94. The van der Waals surface area contributed by atoms with Crippen LogP contribution in [0.25, 0.3) is 16.9 Å². The largest absolute Gasteiger partial charge is 0.389 e. The van der Waals surface area contributed by atoms with Crippen molar-refractivity contribution in [2.45, 2.75) is 12.1 Å². The topological polar surface area (TPSA) is 125 Å². The lowest BCUT2D eigenvalue weighted by atomic mass is 10.1. The molecule has 1 aliphatic heterocycles. The third-order valence-electron chi connectivity index (χ3n) is 5.01. The average molecular weight is 480 g/mol. The quantitative estimate of drug-likeness (QED) is 0.456. The zero-order valence-corrected chi connectivity index (χ0v) is 18.1. The van der Waals surface area contributed by atoms with Gasteiger partial charge in [-0.05, 0) is 36.4 Å². The highest BCUT2D eigenvalue weighted by molar-refractivity contribution is 8.24. The molecule has 168 valence electrons. The van der Waals surface area contributed by atoms with E-state index in [2.05, 4.69) is 10.4 Å². The molecule has 2 aromatic carbocycles. The molecular formula is C21H19ClFN3O5S. The van der Waals surface area contributed by atoms with Crippen LogP contribution in [0, 0.1) is 5.82 Å². The minimum atomic E-state index is -3.01. The molecule has 2 heterocycles. The summed E-state index contributed by atoms with van der Waals surface area (Å²) in [5, 5.41) is 17.3. The standard InChI is InChI=1S/C21H19ClFN3O5S/c22-13-6-4-12(5-7-13)17-9-16(20(28)24-18-10-32(30,31)11-19(18)27)21(29)26(25-17)15-3-1-2-14(23)8-15/h1-9,18-19,27,30-31H,10-11H2,(H,24,28)/t18-,19+/m1/s1. The summed E-state index contributed by atoms with van der Waals surface area (Å²) in [7, 11) is -3.01. The minimum Gasteiger partial charge on any atom is -0.389 e. The highest BCUT2D eigenvalue weighted by Crippen LogP contribution is 2.45. The summed E-state index contributed by atoms with van der Waals surface area (Å²) in [5.41, 5.74) is -0.166. The van der Waals surface area contributed by atoms with Crippen molar-refractivity contribution in [1.29, 1.82) is 0 Å². The lowest BCUT2D eigenvalue weighted by Gasteiger charge is -2.25. The second-order valence-corrected chi connectivity index (χ2v) is 10.1. The van der Waals surface area contributed by atoms with Crippen molar-refractivity contribution in [2.75, 3.05) is 11.5 Å². The summed E-state index contributed by atoms with van der Waals surface area (Å²) in [5.74, 6) is -1.87. The van der Waals surface area contributed by atoms with Crippen LogP contribution in [-0.2, 0) is 0 Å². The fraction of sp³-hybridized carbons (Fsp3) is 0.190. The van der Waals surface area contributed by atoms with Crippen molar-refractivity contribution in [3.05, 3.63) is 81.4 Å². The second-order valence-electron chi connectivity index (χ2n) is 7.43. The van der Waals surface area contributed by atoms with Crippen LogP contribution in [0.1, 0.15) is 10.4 Å². The van der Waals surface area contributed by atoms with Crippen molar-refractivity contribution in [1.82, 2.24) is 15.1 Å². The van der Waals surface area contributed by atoms with E-state index >= 15 is 0 Å². The van der Waals surface area contributed by atoms with E-state index in [1.54, 1.807) is 24.3 Å². The Balaban J connectivity index is 1.79. The first-order valence-electron chi connectivity index (χ1n) is 9.52. The molecule has 11 heteroatoms. The fourth-order valence-electron chi connectivity index (χ4n) is 3.44. The van der Waals surface area contributed by atoms with Crippen LogP contribution in [0.4, 0.5) is 4.39 Å². The van der Waals surface area contributed by atoms with Gasteiger partial charge in [-0.15, -0.1) is 0 Å². The molecule has 1 fully saturated rings. The Hall–Kier alpha value is -2.76. The number of nitrogens with one attached hydrogen (secondary N) is 1. The molecule has 4 N–H and O–H groups in total. The van der Waals surface area contributed by atoms with Crippen LogP contribution in [0.2, 0.25) is 5.02 Å². The van der Waals surface area contributed by atoms with Crippen LogP contribution in [0.5, 0.6) is 0 Å². The van der Waals surface area contributed by atoms with Crippen LogP contribution in [-0.4, -0.2) is 53.6 Å². The molecule has 1 aliphatic rings. The molecule has 0 spiro atoms.